The monoisotopic (exact) mass is 288 g/mol. The molecule has 0 radical (unpaired) electrons. The lowest BCUT2D eigenvalue weighted by atomic mass is 10.1. The molecule has 0 atom stereocenters. The molecule has 2 aromatic heterocycles. The van der Waals surface area contributed by atoms with Gasteiger partial charge in [-0.15, -0.1) is 0 Å². The van der Waals surface area contributed by atoms with Crippen LogP contribution < -0.4 is 4.90 Å². The first kappa shape index (κ1) is 13.9. The van der Waals surface area contributed by atoms with Crippen LogP contribution in [0.25, 0.3) is 11.0 Å². The second-order valence-electron chi connectivity index (χ2n) is 5.47. The van der Waals surface area contributed by atoms with E-state index in [1.807, 2.05) is 6.92 Å². The Balaban J connectivity index is 2.14. The van der Waals surface area contributed by atoms with Gasteiger partial charge in [0.2, 0.25) is 0 Å². The number of carboxylic acid groups (broad SMARTS) is 1. The molecular weight excluding hydrogens is 268 g/mol. The van der Waals surface area contributed by atoms with Gasteiger partial charge >= 0.3 is 5.97 Å². The van der Waals surface area contributed by atoms with E-state index in [4.69, 9.17) is 0 Å². The molecule has 1 aliphatic rings. The maximum Gasteiger partial charge on any atom is 0.352 e. The lowest BCUT2D eigenvalue weighted by Gasteiger charge is -2.28. The van der Waals surface area contributed by atoms with E-state index in [1.165, 1.54) is 6.42 Å². The molecule has 0 aromatic carbocycles. The quantitative estimate of drug-likeness (QED) is 0.936. The highest BCUT2D eigenvalue weighted by molar-refractivity contribution is 5.97. The highest BCUT2D eigenvalue weighted by Gasteiger charge is 2.21. The van der Waals surface area contributed by atoms with Gasteiger partial charge in [-0.3, -0.25) is 0 Å². The molecule has 0 unspecified atom stereocenters. The summed E-state index contributed by atoms with van der Waals surface area (Å²) in [4.78, 5) is 22.4. The Kier molecular flexibility index (Phi) is 3.77. The smallest absolute Gasteiger partial charge is 0.352 e. The summed E-state index contributed by atoms with van der Waals surface area (Å²) in [5.41, 5.74) is 1.02. The number of aromatic nitrogens is 3. The average Bonchev–Trinajstić information content (AvgIpc) is 2.88. The molecule has 1 N–H and O–H groups in total. The summed E-state index contributed by atoms with van der Waals surface area (Å²) in [5.74, 6) is -0.0388. The number of rotatable bonds is 4. The fourth-order valence-electron chi connectivity index (χ4n) is 3.04. The molecule has 0 bridgehead atoms. The molecular formula is C15H20N4O2. The number of aromatic carboxylic acids is 1. The number of hydrogen-bond donors (Lipinski definition) is 1. The summed E-state index contributed by atoms with van der Waals surface area (Å²) in [6, 6.07) is 1.72. The van der Waals surface area contributed by atoms with Gasteiger partial charge in [-0.2, -0.15) is 0 Å². The van der Waals surface area contributed by atoms with Crippen LogP contribution in [-0.4, -0.2) is 38.7 Å². The molecule has 0 amide bonds. The highest BCUT2D eigenvalue weighted by atomic mass is 16.4. The Morgan fingerprint density at radius 3 is 2.71 bits per heavy atom. The van der Waals surface area contributed by atoms with Crippen LogP contribution in [0.5, 0.6) is 0 Å². The molecule has 0 aliphatic carbocycles. The van der Waals surface area contributed by atoms with E-state index in [0.717, 1.165) is 49.2 Å². The van der Waals surface area contributed by atoms with Crippen molar-refractivity contribution in [2.75, 3.05) is 18.0 Å². The third-order valence-electron chi connectivity index (χ3n) is 3.99. The van der Waals surface area contributed by atoms with Crippen molar-refractivity contribution >= 4 is 22.8 Å². The topological polar surface area (TPSA) is 71.2 Å². The first-order chi connectivity index (χ1) is 10.2. The van der Waals surface area contributed by atoms with Crippen LogP contribution in [0.2, 0.25) is 0 Å². The predicted molar refractivity (Wildman–Crippen MR) is 80.8 cm³/mol. The van der Waals surface area contributed by atoms with Crippen molar-refractivity contribution in [1.29, 1.82) is 0 Å². The van der Waals surface area contributed by atoms with Gasteiger partial charge in [0, 0.05) is 19.6 Å². The summed E-state index contributed by atoms with van der Waals surface area (Å²) < 4.78 is 1.78. The molecule has 1 saturated heterocycles. The van der Waals surface area contributed by atoms with Gasteiger partial charge in [-0.05, 0) is 31.7 Å². The number of fused-ring (bicyclic) bond motifs is 1. The molecule has 3 rings (SSSR count). The first-order valence-corrected chi connectivity index (χ1v) is 7.55. The van der Waals surface area contributed by atoms with Crippen molar-refractivity contribution in [3.63, 3.8) is 0 Å². The Labute approximate surface area is 123 Å². The molecule has 2 aromatic rings. The Bertz CT molecular complexity index is 659. The summed E-state index contributed by atoms with van der Waals surface area (Å²) in [6.45, 7) is 4.65. The highest BCUT2D eigenvalue weighted by Crippen LogP contribution is 2.28. The number of carbonyl (C=O) groups is 1. The third-order valence-corrected chi connectivity index (χ3v) is 3.99. The van der Waals surface area contributed by atoms with E-state index < -0.39 is 5.97 Å². The van der Waals surface area contributed by atoms with Gasteiger partial charge in [-0.25, -0.2) is 14.8 Å². The molecule has 0 saturated carbocycles. The van der Waals surface area contributed by atoms with Gasteiger partial charge in [0.1, 0.15) is 23.5 Å². The van der Waals surface area contributed by atoms with Crippen molar-refractivity contribution in [2.45, 2.75) is 39.2 Å². The Morgan fingerprint density at radius 2 is 2.05 bits per heavy atom. The number of anilines is 1. The van der Waals surface area contributed by atoms with Crippen molar-refractivity contribution in [1.82, 2.24) is 14.5 Å². The van der Waals surface area contributed by atoms with E-state index in [1.54, 1.807) is 17.0 Å². The van der Waals surface area contributed by atoms with Gasteiger partial charge in [0.05, 0.1) is 5.39 Å². The molecule has 0 spiro atoms. The maximum atomic E-state index is 11.5. The average molecular weight is 288 g/mol. The van der Waals surface area contributed by atoms with E-state index in [9.17, 15) is 9.90 Å². The minimum Gasteiger partial charge on any atom is -0.477 e. The van der Waals surface area contributed by atoms with Crippen LogP contribution >= 0.6 is 0 Å². The minimum absolute atomic E-state index is 0.297. The van der Waals surface area contributed by atoms with Crippen LogP contribution in [0.15, 0.2) is 12.4 Å². The third kappa shape index (κ3) is 2.46. The normalized spacial score (nSPS) is 15.6. The SMILES string of the molecule is CCCn1c(C(=O)O)cc2c(N3CCCCC3)ncnc21. The van der Waals surface area contributed by atoms with Crippen LogP contribution in [-0.2, 0) is 6.54 Å². The number of carboxylic acids is 1. The van der Waals surface area contributed by atoms with Crippen molar-refractivity contribution in [2.24, 2.45) is 0 Å². The van der Waals surface area contributed by atoms with Crippen LogP contribution in [0.4, 0.5) is 5.82 Å². The van der Waals surface area contributed by atoms with Crippen LogP contribution in [0.1, 0.15) is 43.1 Å². The zero-order chi connectivity index (χ0) is 14.8. The molecule has 1 aliphatic heterocycles. The summed E-state index contributed by atoms with van der Waals surface area (Å²) in [6.07, 6.45) is 5.99. The fourth-order valence-corrected chi connectivity index (χ4v) is 3.04. The second-order valence-corrected chi connectivity index (χ2v) is 5.47. The van der Waals surface area contributed by atoms with E-state index in [0.29, 0.717) is 12.2 Å². The Morgan fingerprint density at radius 1 is 1.29 bits per heavy atom. The number of piperidine rings is 1. The van der Waals surface area contributed by atoms with Gasteiger partial charge in [0.15, 0.2) is 0 Å². The van der Waals surface area contributed by atoms with Crippen molar-refractivity contribution < 1.29 is 9.90 Å². The van der Waals surface area contributed by atoms with Gasteiger partial charge in [-0.1, -0.05) is 6.92 Å². The van der Waals surface area contributed by atoms with Crippen LogP contribution in [0.3, 0.4) is 0 Å². The lowest BCUT2D eigenvalue weighted by Crippen LogP contribution is -2.30. The fraction of sp³-hybridized carbons (Fsp3) is 0.533. The number of hydrogen-bond acceptors (Lipinski definition) is 4. The zero-order valence-electron chi connectivity index (χ0n) is 12.2. The maximum absolute atomic E-state index is 11.5. The first-order valence-electron chi connectivity index (χ1n) is 7.55. The summed E-state index contributed by atoms with van der Waals surface area (Å²) in [7, 11) is 0. The number of aryl methyl sites for hydroxylation is 1. The summed E-state index contributed by atoms with van der Waals surface area (Å²) in [5, 5.41) is 10.3. The standard InChI is InChI=1S/C15H20N4O2/c1-2-6-19-12(15(20)21)9-11-13(16-10-17-14(11)19)18-7-4-3-5-8-18/h9-10H,2-8H2,1H3,(H,20,21). The Hall–Kier alpha value is -2.11. The molecule has 1 fully saturated rings. The van der Waals surface area contributed by atoms with E-state index >= 15 is 0 Å². The molecule has 6 heteroatoms. The molecule has 3 heterocycles. The zero-order valence-corrected chi connectivity index (χ0v) is 12.2. The van der Waals surface area contributed by atoms with Crippen molar-refractivity contribution in [3.05, 3.63) is 18.1 Å². The second kappa shape index (κ2) is 5.71. The van der Waals surface area contributed by atoms with Gasteiger partial charge < -0.3 is 14.6 Å². The molecule has 21 heavy (non-hydrogen) atoms. The minimum atomic E-state index is -0.911. The van der Waals surface area contributed by atoms with Crippen LogP contribution in [0, 0.1) is 0 Å². The predicted octanol–water partition coefficient (Wildman–Crippen LogP) is 2.53. The molecule has 6 nitrogen and oxygen atoms in total. The van der Waals surface area contributed by atoms with E-state index in [-0.39, 0.29) is 0 Å². The summed E-state index contributed by atoms with van der Waals surface area (Å²) >= 11 is 0. The molecule has 112 valence electrons. The van der Waals surface area contributed by atoms with Gasteiger partial charge in [0.25, 0.3) is 0 Å². The number of nitrogens with zero attached hydrogens (tertiary/aromatic N) is 4. The lowest BCUT2D eigenvalue weighted by molar-refractivity contribution is 0.0685. The van der Waals surface area contributed by atoms with Crippen molar-refractivity contribution in [3.8, 4) is 0 Å². The van der Waals surface area contributed by atoms with E-state index in [2.05, 4.69) is 14.9 Å². The largest absolute Gasteiger partial charge is 0.477 e.